The molecular weight excluding hydrogens is 204 g/mol. The standard InChI is InChI=1S/C12H12N2O2/c15-12(16)10-7-14(6-8-1-2-8)11-5-13-4-3-9(10)11/h3-5,7-8H,1-2,6H2,(H,15,16). The highest BCUT2D eigenvalue weighted by atomic mass is 16.4. The van der Waals surface area contributed by atoms with E-state index in [1.54, 1.807) is 24.7 Å². The first-order valence-electron chi connectivity index (χ1n) is 5.42. The van der Waals surface area contributed by atoms with E-state index in [0.717, 1.165) is 23.4 Å². The van der Waals surface area contributed by atoms with Crippen LogP contribution in [0.4, 0.5) is 0 Å². The number of fused-ring (bicyclic) bond motifs is 1. The highest BCUT2D eigenvalue weighted by Crippen LogP contribution is 2.32. The Balaban J connectivity index is 2.15. The molecule has 0 radical (unpaired) electrons. The predicted octanol–water partition coefficient (Wildman–Crippen LogP) is 2.14. The minimum Gasteiger partial charge on any atom is -0.478 e. The maximum absolute atomic E-state index is 11.1. The summed E-state index contributed by atoms with van der Waals surface area (Å²) in [6.07, 6.45) is 7.61. The second-order valence-corrected chi connectivity index (χ2v) is 4.34. The zero-order valence-electron chi connectivity index (χ0n) is 8.76. The van der Waals surface area contributed by atoms with Gasteiger partial charge in [-0.15, -0.1) is 0 Å². The molecule has 0 spiro atoms. The maximum Gasteiger partial charge on any atom is 0.337 e. The Morgan fingerprint density at radius 1 is 1.56 bits per heavy atom. The summed E-state index contributed by atoms with van der Waals surface area (Å²) in [7, 11) is 0. The second kappa shape index (κ2) is 3.33. The van der Waals surface area contributed by atoms with Crippen LogP contribution in [0.15, 0.2) is 24.7 Å². The Hall–Kier alpha value is -1.84. The summed E-state index contributed by atoms with van der Waals surface area (Å²) in [5.41, 5.74) is 1.30. The van der Waals surface area contributed by atoms with E-state index in [4.69, 9.17) is 5.11 Å². The molecule has 1 N–H and O–H groups in total. The number of carboxylic acids is 1. The fraction of sp³-hybridized carbons (Fsp3) is 0.333. The first-order valence-corrected chi connectivity index (χ1v) is 5.42. The average molecular weight is 216 g/mol. The second-order valence-electron chi connectivity index (χ2n) is 4.34. The number of carbonyl (C=O) groups is 1. The molecular formula is C12H12N2O2. The lowest BCUT2D eigenvalue weighted by Gasteiger charge is -2.01. The molecule has 1 aliphatic carbocycles. The number of rotatable bonds is 3. The van der Waals surface area contributed by atoms with Gasteiger partial charge in [-0.1, -0.05) is 0 Å². The predicted molar refractivity (Wildman–Crippen MR) is 59.4 cm³/mol. The normalized spacial score (nSPS) is 15.5. The number of pyridine rings is 1. The Kier molecular flexibility index (Phi) is 1.96. The Morgan fingerprint density at radius 3 is 3.06 bits per heavy atom. The summed E-state index contributed by atoms with van der Waals surface area (Å²) in [5, 5.41) is 9.89. The van der Waals surface area contributed by atoms with Crippen molar-refractivity contribution in [2.45, 2.75) is 19.4 Å². The van der Waals surface area contributed by atoms with Crippen molar-refractivity contribution in [1.29, 1.82) is 0 Å². The van der Waals surface area contributed by atoms with Crippen LogP contribution in [0.25, 0.3) is 10.9 Å². The van der Waals surface area contributed by atoms with Crippen LogP contribution in [0.5, 0.6) is 0 Å². The van der Waals surface area contributed by atoms with E-state index in [-0.39, 0.29) is 0 Å². The fourth-order valence-electron chi connectivity index (χ4n) is 2.04. The molecule has 0 aromatic carbocycles. The van der Waals surface area contributed by atoms with E-state index in [1.807, 2.05) is 4.57 Å². The van der Waals surface area contributed by atoms with Crippen LogP contribution in [0, 0.1) is 5.92 Å². The van der Waals surface area contributed by atoms with Crippen LogP contribution in [-0.4, -0.2) is 20.6 Å². The van der Waals surface area contributed by atoms with Crippen molar-refractivity contribution in [3.63, 3.8) is 0 Å². The van der Waals surface area contributed by atoms with Gasteiger partial charge in [-0.05, 0) is 24.8 Å². The molecule has 0 bridgehead atoms. The molecule has 0 unspecified atom stereocenters. The number of hydrogen-bond acceptors (Lipinski definition) is 2. The van der Waals surface area contributed by atoms with Gasteiger partial charge in [0, 0.05) is 24.3 Å². The third-order valence-electron chi connectivity index (χ3n) is 3.07. The van der Waals surface area contributed by atoms with E-state index in [2.05, 4.69) is 4.98 Å². The first kappa shape index (κ1) is 9.39. The van der Waals surface area contributed by atoms with Crippen molar-refractivity contribution in [3.05, 3.63) is 30.2 Å². The zero-order chi connectivity index (χ0) is 11.1. The summed E-state index contributed by atoms with van der Waals surface area (Å²) in [6, 6.07) is 1.77. The number of hydrogen-bond donors (Lipinski definition) is 1. The monoisotopic (exact) mass is 216 g/mol. The molecule has 0 amide bonds. The summed E-state index contributed by atoms with van der Waals surface area (Å²) < 4.78 is 2.02. The van der Waals surface area contributed by atoms with Gasteiger partial charge in [0.2, 0.25) is 0 Å². The molecule has 0 saturated heterocycles. The highest BCUT2D eigenvalue weighted by Gasteiger charge is 2.23. The Morgan fingerprint density at radius 2 is 2.38 bits per heavy atom. The van der Waals surface area contributed by atoms with Crippen LogP contribution >= 0.6 is 0 Å². The summed E-state index contributed by atoms with van der Waals surface area (Å²) >= 11 is 0. The van der Waals surface area contributed by atoms with E-state index < -0.39 is 5.97 Å². The van der Waals surface area contributed by atoms with Crippen molar-refractivity contribution in [3.8, 4) is 0 Å². The maximum atomic E-state index is 11.1. The van der Waals surface area contributed by atoms with Gasteiger partial charge in [0.05, 0.1) is 17.3 Å². The highest BCUT2D eigenvalue weighted by molar-refractivity contribution is 6.03. The van der Waals surface area contributed by atoms with Crippen molar-refractivity contribution in [2.24, 2.45) is 5.92 Å². The van der Waals surface area contributed by atoms with Crippen molar-refractivity contribution in [2.75, 3.05) is 0 Å². The quantitative estimate of drug-likeness (QED) is 0.855. The largest absolute Gasteiger partial charge is 0.478 e. The van der Waals surface area contributed by atoms with Gasteiger partial charge >= 0.3 is 5.97 Å². The SMILES string of the molecule is O=C(O)c1cn(CC2CC2)c2cnccc12. The summed E-state index contributed by atoms with van der Waals surface area (Å²) in [5.74, 6) is -0.150. The minimum absolute atomic E-state index is 0.373. The topological polar surface area (TPSA) is 55.1 Å². The van der Waals surface area contributed by atoms with E-state index in [1.165, 1.54) is 12.8 Å². The summed E-state index contributed by atoms with van der Waals surface area (Å²) in [6.45, 7) is 0.912. The molecule has 16 heavy (non-hydrogen) atoms. The number of nitrogens with zero attached hydrogens (tertiary/aromatic N) is 2. The van der Waals surface area contributed by atoms with Crippen molar-refractivity contribution in [1.82, 2.24) is 9.55 Å². The molecule has 0 atom stereocenters. The lowest BCUT2D eigenvalue weighted by Crippen LogP contribution is -1.98. The minimum atomic E-state index is -0.870. The lowest BCUT2D eigenvalue weighted by atomic mass is 10.2. The molecule has 82 valence electrons. The van der Waals surface area contributed by atoms with Crippen LogP contribution in [0.3, 0.4) is 0 Å². The number of carboxylic acid groups (broad SMARTS) is 1. The van der Waals surface area contributed by atoms with Crippen molar-refractivity contribution < 1.29 is 9.90 Å². The molecule has 2 aromatic heterocycles. The molecule has 2 aromatic rings. The van der Waals surface area contributed by atoms with Crippen molar-refractivity contribution >= 4 is 16.9 Å². The molecule has 0 aliphatic heterocycles. The van der Waals surface area contributed by atoms with Gasteiger partial charge in [0.15, 0.2) is 0 Å². The summed E-state index contributed by atoms with van der Waals surface area (Å²) in [4.78, 5) is 15.2. The van der Waals surface area contributed by atoms with Crippen LogP contribution < -0.4 is 0 Å². The molecule has 1 fully saturated rings. The lowest BCUT2D eigenvalue weighted by molar-refractivity contribution is 0.0699. The van der Waals surface area contributed by atoms with Gasteiger partial charge in [-0.3, -0.25) is 4.98 Å². The number of aromatic carboxylic acids is 1. The number of aromatic nitrogens is 2. The van der Waals surface area contributed by atoms with Crippen LogP contribution in [0.2, 0.25) is 0 Å². The molecule has 4 nitrogen and oxygen atoms in total. The van der Waals surface area contributed by atoms with Gasteiger partial charge in [0.25, 0.3) is 0 Å². The zero-order valence-corrected chi connectivity index (χ0v) is 8.76. The average Bonchev–Trinajstić information content (AvgIpc) is 3.00. The van der Waals surface area contributed by atoms with Gasteiger partial charge < -0.3 is 9.67 Å². The van der Waals surface area contributed by atoms with Gasteiger partial charge in [-0.2, -0.15) is 0 Å². The van der Waals surface area contributed by atoms with E-state index in [9.17, 15) is 4.79 Å². The fourth-order valence-corrected chi connectivity index (χ4v) is 2.04. The Labute approximate surface area is 92.5 Å². The molecule has 3 rings (SSSR count). The third kappa shape index (κ3) is 1.46. The first-order chi connectivity index (χ1) is 7.75. The van der Waals surface area contributed by atoms with Gasteiger partial charge in [-0.25, -0.2) is 4.79 Å². The molecule has 2 heterocycles. The molecule has 4 heteroatoms. The molecule has 1 aliphatic rings. The van der Waals surface area contributed by atoms with Crippen LogP contribution in [0.1, 0.15) is 23.2 Å². The smallest absolute Gasteiger partial charge is 0.337 e. The van der Waals surface area contributed by atoms with E-state index in [0.29, 0.717) is 5.56 Å². The van der Waals surface area contributed by atoms with E-state index >= 15 is 0 Å². The molecule has 1 saturated carbocycles. The third-order valence-corrected chi connectivity index (χ3v) is 3.07. The van der Waals surface area contributed by atoms with Crippen LogP contribution in [-0.2, 0) is 6.54 Å². The Bertz CT molecular complexity index is 555. The van der Waals surface area contributed by atoms with Gasteiger partial charge in [0.1, 0.15) is 0 Å².